The van der Waals surface area contributed by atoms with Gasteiger partial charge in [0.2, 0.25) is 0 Å². The normalized spacial score (nSPS) is 11.9. The lowest BCUT2D eigenvalue weighted by Crippen LogP contribution is -1.93. The molecule has 0 saturated carbocycles. The first-order valence-corrected chi connectivity index (χ1v) is 18.8. The Morgan fingerprint density at radius 2 is 0.891 bits per heavy atom. The van der Waals surface area contributed by atoms with Crippen LogP contribution in [0.2, 0.25) is 0 Å². The van der Waals surface area contributed by atoms with E-state index >= 15 is 0 Å². The number of furan rings is 1. The maximum atomic E-state index is 8.00. The van der Waals surface area contributed by atoms with E-state index in [1.807, 2.05) is 24.3 Å². The van der Waals surface area contributed by atoms with Crippen molar-refractivity contribution >= 4 is 54.3 Å². The number of hydrogen-bond acceptors (Lipinski definition) is 1. The van der Waals surface area contributed by atoms with Crippen molar-refractivity contribution in [2.24, 2.45) is 0 Å². The second-order valence-corrected chi connectivity index (χ2v) is 14.3. The summed E-state index contributed by atoms with van der Waals surface area (Å²) in [6.07, 6.45) is 0. The topological polar surface area (TPSA) is 13.1 Å². The van der Waals surface area contributed by atoms with E-state index in [2.05, 4.69) is 176 Å². The molecule has 1 heterocycles. The minimum Gasteiger partial charge on any atom is -0.456 e. The minimum absolute atomic E-state index is 0.533. The van der Waals surface area contributed by atoms with Crippen LogP contribution in [0.25, 0.3) is 110 Å². The third kappa shape index (κ3) is 5.16. The fraction of sp³-hybridized carbons (Fsp3) is 0. The van der Waals surface area contributed by atoms with Crippen LogP contribution in [0.3, 0.4) is 0 Å². The number of rotatable bonds is 5. The summed E-state index contributed by atoms with van der Waals surface area (Å²) in [7, 11) is 0. The van der Waals surface area contributed by atoms with Gasteiger partial charge >= 0.3 is 0 Å². The van der Waals surface area contributed by atoms with E-state index in [4.69, 9.17) is 5.79 Å². The van der Waals surface area contributed by atoms with Crippen molar-refractivity contribution in [3.8, 4) is 55.6 Å². The van der Waals surface area contributed by atoms with Gasteiger partial charge in [-0.2, -0.15) is 0 Å². The van der Waals surface area contributed by atoms with Gasteiger partial charge in [-0.15, -0.1) is 0 Å². The molecule has 10 aromatic carbocycles. The molecule has 0 fully saturated rings. The summed E-state index contributed by atoms with van der Waals surface area (Å²) in [5.41, 5.74) is 13.6. The maximum absolute atomic E-state index is 8.00. The van der Waals surface area contributed by atoms with Crippen LogP contribution in [0.4, 0.5) is 0 Å². The van der Waals surface area contributed by atoms with E-state index in [1.165, 1.54) is 66.1 Å². The zero-order valence-corrected chi connectivity index (χ0v) is 30.0. The van der Waals surface area contributed by atoms with Crippen molar-refractivity contribution in [3.05, 3.63) is 206 Å². The predicted molar refractivity (Wildman–Crippen MR) is 233 cm³/mol. The van der Waals surface area contributed by atoms with E-state index < -0.39 is 0 Å². The Kier molecular flexibility index (Phi) is 7.00. The molecule has 0 radical (unpaired) electrons. The second kappa shape index (κ2) is 12.7. The van der Waals surface area contributed by atoms with Crippen molar-refractivity contribution in [1.29, 1.82) is 0 Å². The van der Waals surface area contributed by atoms with Gasteiger partial charge in [0.25, 0.3) is 0 Å². The van der Waals surface area contributed by atoms with Gasteiger partial charge in [-0.3, -0.25) is 0 Å². The molecule has 0 unspecified atom stereocenters. The van der Waals surface area contributed by atoms with Crippen LogP contribution in [0, 0.1) is 0 Å². The van der Waals surface area contributed by atoms with Crippen molar-refractivity contribution in [2.45, 2.75) is 0 Å². The van der Waals surface area contributed by atoms with Gasteiger partial charge in [0.1, 0.15) is 11.2 Å². The first-order chi connectivity index (χ1) is 27.7. The van der Waals surface area contributed by atoms with Gasteiger partial charge in [-0.25, -0.2) is 0 Å². The van der Waals surface area contributed by atoms with Crippen LogP contribution in [0.1, 0.15) is 1.37 Å². The Hall–Kier alpha value is -7.22. The molecule has 1 nitrogen and oxygen atoms in total. The molecular formula is C54H34O. The SMILES string of the molecule is [2H]c1ccc2cc(-c3ccc(-c4c5ccccc5c(-c5ccccc5-c5cccc6oc7cc(-c8ccccc8)ccc7c56)c5ccccc45)cc3)ccc2c1. The Balaban J connectivity index is 1.08. The molecule has 0 aliphatic carbocycles. The summed E-state index contributed by atoms with van der Waals surface area (Å²) in [5, 5.41) is 9.36. The molecule has 1 aromatic heterocycles. The van der Waals surface area contributed by atoms with Gasteiger partial charge in [-0.05, 0) is 112 Å². The van der Waals surface area contributed by atoms with Crippen LogP contribution < -0.4 is 0 Å². The summed E-state index contributed by atoms with van der Waals surface area (Å²) < 4.78 is 14.6. The Morgan fingerprint density at radius 1 is 0.309 bits per heavy atom. The molecule has 0 atom stereocenters. The molecular weight excluding hydrogens is 665 g/mol. The van der Waals surface area contributed by atoms with Gasteiger partial charge in [-0.1, -0.05) is 182 Å². The molecule has 11 rings (SSSR count). The van der Waals surface area contributed by atoms with Gasteiger partial charge in [0, 0.05) is 10.8 Å². The van der Waals surface area contributed by atoms with Crippen molar-refractivity contribution in [1.82, 2.24) is 0 Å². The zero-order chi connectivity index (χ0) is 37.2. The highest BCUT2D eigenvalue weighted by Crippen LogP contribution is 2.48. The maximum Gasteiger partial charge on any atom is 0.136 e. The van der Waals surface area contributed by atoms with Crippen LogP contribution in [-0.2, 0) is 0 Å². The summed E-state index contributed by atoms with van der Waals surface area (Å²) in [5.74, 6) is 0. The monoisotopic (exact) mass is 699 g/mol. The molecule has 0 amide bonds. The Bertz CT molecular complexity index is 3240. The van der Waals surface area contributed by atoms with Crippen LogP contribution in [0.5, 0.6) is 0 Å². The summed E-state index contributed by atoms with van der Waals surface area (Å²) in [6, 6.07) is 71.9. The average molecular weight is 700 g/mol. The quantitative estimate of drug-likeness (QED) is 0.163. The predicted octanol–water partition coefficient (Wildman–Crippen LogP) is 15.4. The van der Waals surface area contributed by atoms with Crippen LogP contribution in [-0.4, -0.2) is 0 Å². The third-order valence-corrected chi connectivity index (χ3v) is 11.2. The van der Waals surface area contributed by atoms with Gasteiger partial charge in [0.05, 0.1) is 1.37 Å². The van der Waals surface area contributed by atoms with E-state index in [1.54, 1.807) is 0 Å². The van der Waals surface area contributed by atoms with E-state index in [0.29, 0.717) is 6.04 Å². The highest BCUT2D eigenvalue weighted by molar-refractivity contribution is 6.23. The standard InChI is InChI=1S/C54H34O/c1-2-13-35(14-3-1)41-31-32-49-51(34-41)55-50-24-12-23-44(54(49)50)42-17-6-7-18-43(42)53-47-21-10-8-19-45(47)52(46-20-9-11-22-48(46)53)38-28-25-37(26-29-38)40-30-27-36-15-4-5-16-39(36)33-40/h1-34H/i4D. The van der Waals surface area contributed by atoms with E-state index in [9.17, 15) is 0 Å². The first-order valence-electron chi connectivity index (χ1n) is 19.3. The first kappa shape index (κ1) is 30.3. The summed E-state index contributed by atoms with van der Waals surface area (Å²) >= 11 is 0. The van der Waals surface area contributed by atoms with Gasteiger partial charge in [0.15, 0.2) is 0 Å². The Labute approximate surface area is 320 Å². The average Bonchev–Trinajstić information content (AvgIpc) is 3.64. The summed E-state index contributed by atoms with van der Waals surface area (Å²) in [4.78, 5) is 0. The number of hydrogen-bond donors (Lipinski definition) is 0. The zero-order valence-electron chi connectivity index (χ0n) is 31.0. The van der Waals surface area contributed by atoms with Crippen LogP contribution in [0.15, 0.2) is 211 Å². The van der Waals surface area contributed by atoms with Crippen molar-refractivity contribution < 1.29 is 5.79 Å². The molecule has 0 N–H and O–H groups in total. The third-order valence-electron chi connectivity index (χ3n) is 11.2. The molecule has 1 heteroatoms. The minimum atomic E-state index is 0.533. The van der Waals surface area contributed by atoms with Crippen LogP contribution >= 0.6 is 0 Å². The molecule has 0 spiro atoms. The summed E-state index contributed by atoms with van der Waals surface area (Å²) in [6.45, 7) is 0. The lowest BCUT2D eigenvalue weighted by Gasteiger charge is -2.20. The molecule has 0 aliphatic rings. The molecule has 11 aromatic rings. The number of benzene rings is 10. The molecule has 55 heavy (non-hydrogen) atoms. The van der Waals surface area contributed by atoms with Crippen molar-refractivity contribution in [3.63, 3.8) is 0 Å². The molecule has 256 valence electrons. The largest absolute Gasteiger partial charge is 0.456 e. The number of fused-ring (bicyclic) bond motifs is 6. The second-order valence-electron chi connectivity index (χ2n) is 14.3. The fourth-order valence-corrected chi connectivity index (χ4v) is 8.66. The van der Waals surface area contributed by atoms with Gasteiger partial charge < -0.3 is 4.42 Å². The molecule has 0 bridgehead atoms. The van der Waals surface area contributed by atoms with Crippen molar-refractivity contribution in [2.75, 3.05) is 0 Å². The van der Waals surface area contributed by atoms with E-state index in [0.717, 1.165) is 43.8 Å². The molecule has 0 aliphatic heterocycles. The smallest absolute Gasteiger partial charge is 0.136 e. The highest BCUT2D eigenvalue weighted by atomic mass is 16.3. The fourth-order valence-electron chi connectivity index (χ4n) is 8.66. The van der Waals surface area contributed by atoms with E-state index in [-0.39, 0.29) is 0 Å². The highest BCUT2D eigenvalue weighted by Gasteiger charge is 2.21. The lowest BCUT2D eigenvalue weighted by molar-refractivity contribution is 0.669. The lowest BCUT2D eigenvalue weighted by atomic mass is 9.83. The Morgan fingerprint density at radius 3 is 1.65 bits per heavy atom. The molecule has 0 saturated heterocycles.